The van der Waals surface area contributed by atoms with Gasteiger partial charge in [0.15, 0.2) is 0 Å². The first-order valence-electron chi connectivity index (χ1n) is 9.62. The van der Waals surface area contributed by atoms with Crippen molar-refractivity contribution in [3.63, 3.8) is 0 Å². The first-order chi connectivity index (χ1) is 15.9. The summed E-state index contributed by atoms with van der Waals surface area (Å²) in [6.07, 6.45) is 0. The zero-order valence-electron chi connectivity index (χ0n) is 17.1. The molecule has 0 unspecified atom stereocenters. The first-order valence-corrected chi connectivity index (χ1v) is 12.4. The van der Waals surface area contributed by atoms with Crippen LogP contribution in [-0.2, 0) is 22.7 Å². The molecule has 0 bridgehead atoms. The molecule has 2 aromatic carbocycles. The second-order valence-corrected chi connectivity index (χ2v) is 9.63. The van der Waals surface area contributed by atoms with Gasteiger partial charge in [-0.1, -0.05) is 36.0 Å². The summed E-state index contributed by atoms with van der Waals surface area (Å²) in [4.78, 5) is 24.2. The van der Waals surface area contributed by atoms with Crippen molar-refractivity contribution in [2.75, 3.05) is 11.5 Å². The molecule has 0 aliphatic carbocycles. The lowest BCUT2D eigenvalue weighted by atomic mass is 10.2. The van der Waals surface area contributed by atoms with E-state index in [1.807, 2.05) is 0 Å². The van der Waals surface area contributed by atoms with Crippen LogP contribution in [0.15, 0.2) is 57.8 Å². The van der Waals surface area contributed by atoms with Crippen molar-refractivity contribution in [3.8, 4) is 6.07 Å². The molecule has 2 N–H and O–H groups in total. The van der Waals surface area contributed by atoms with Crippen LogP contribution in [0.25, 0.3) is 0 Å². The molecule has 0 saturated heterocycles. The summed E-state index contributed by atoms with van der Waals surface area (Å²) in [7, 11) is 0. The Hall–Kier alpha value is -2.94. The molecule has 2 amide bonds. The molecule has 0 atom stereocenters. The van der Waals surface area contributed by atoms with Crippen molar-refractivity contribution in [1.29, 1.82) is 5.26 Å². The zero-order valence-corrected chi connectivity index (χ0v) is 19.6. The highest BCUT2D eigenvalue weighted by atomic mass is 32.2. The standard InChI is InChI=1S/C22H18F2N4O2S3/c23-16-5-1-14(2-6-16)10-26-19(29)12-31-21-18(9-25)22(33-28-21)32-13-20(30)27-11-15-3-7-17(24)8-4-15/h1-8H,10-13H2,(H,26,29)(H,27,30). The molecule has 0 spiro atoms. The molecule has 0 fully saturated rings. The fourth-order valence-corrected chi connectivity index (χ4v) is 5.28. The number of nitriles is 1. The van der Waals surface area contributed by atoms with Gasteiger partial charge in [-0.2, -0.15) is 9.64 Å². The highest BCUT2D eigenvalue weighted by Gasteiger charge is 2.17. The van der Waals surface area contributed by atoms with Crippen LogP contribution >= 0.6 is 35.1 Å². The number of benzene rings is 2. The number of nitrogens with one attached hydrogen (secondary N) is 2. The summed E-state index contributed by atoms with van der Waals surface area (Å²) in [5, 5.41) is 15.4. The number of aromatic nitrogens is 1. The van der Waals surface area contributed by atoms with Crippen LogP contribution in [0.2, 0.25) is 0 Å². The zero-order chi connectivity index (χ0) is 23.6. The molecular weight excluding hydrogens is 486 g/mol. The molecule has 0 radical (unpaired) electrons. The van der Waals surface area contributed by atoms with Crippen molar-refractivity contribution in [2.24, 2.45) is 0 Å². The van der Waals surface area contributed by atoms with Crippen LogP contribution in [0.1, 0.15) is 16.7 Å². The highest BCUT2D eigenvalue weighted by molar-refractivity contribution is 8.02. The van der Waals surface area contributed by atoms with E-state index in [1.165, 1.54) is 36.0 Å². The number of hydrogen-bond donors (Lipinski definition) is 2. The third-order valence-electron chi connectivity index (χ3n) is 4.22. The van der Waals surface area contributed by atoms with E-state index in [2.05, 4.69) is 21.1 Å². The van der Waals surface area contributed by atoms with E-state index >= 15 is 0 Å². The minimum atomic E-state index is -0.341. The minimum absolute atomic E-state index is 0.0713. The SMILES string of the molecule is N#Cc1c(SCC(=O)NCc2ccc(F)cc2)nsc1SCC(=O)NCc1ccc(F)cc1. The van der Waals surface area contributed by atoms with Crippen LogP contribution in [0.3, 0.4) is 0 Å². The highest BCUT2D eigenvalue weighted by Crippen LogP contribution is 2.34. The number of thioether (sulfide) groups is 2. The second-order valence-electron chi connectivity index (χ2n) is 6.65. The lowest BCUT2D eigenvalue weighted by Crippen LogP contribution is -2.24. The Morgan fingerprint density at radius 3 is 1.85 bits per heavy atom. The Labute approximate surface area is 201 Å². The van der Waals surface area contributed by atoms with Gasteiger partial charge in [-0.05, 0) is 46.9 Å². The molecule has 3 aromatic rings. The maximum atomic E-state index is 12.9. The second kappa shape index (κ2) is 12.3. The quantitative estimate of drug-likeness (QED) is 0.404. The van der Waals surface area contributed by atoms with Gasteiger partial charge in [0.25, 0.3) is 0 Å². The van der Waals surface area contributed by atoms with Crippen molar-refractivity contribution < 1.29 is 18.4 Å². The van der Waals surface area contributed by atoms with Gasteiger partial charge in [-0.15, -0.1) is 11.8 Å². The van der Waals surface area contributed by atoms with Gasteiger partial charge in [-0.3, -0.25) is 9.59 Å². The van der Waals surface area contributed by atoms with Gasteiger partial charge in [0.1, 0.15) is 32.5 Å². The van der Waals surface area contributed by atoms with E-state index < -0.39 is 0 Å². The Bertz CT molecular complexity index is 1060. The molecule has 0 aliphatic heterocycles. The lowest BCUT2D eigenvalue weighted by molar-refractivity contribution is -0.119. The topological polar surface area (TPSA) is 94.9 Å². The average molecular weight is 505 g/mol. The molecule has 6 nitrogen and oxygen atoms in total. The van der Waals surface area contributed by atoms with E-state index in [1.54, 1.807) is 24.3 Å². The minimum Gasteiger partial charge on any atom is -0.351 e. The lowest BCUT2D eigenvalue weighted by Gasteiger charge is -2.05. The average Bonchev–Trinajstić information content (AvgIpc) is 3.22. The largest absolute Gasteiger partial charge is 0.351 e. The first kappa shape index (κ1) is 24.7. The fraction of sp³-hybridized carbons (Fsp3) is 0.182. The predicted molar refractivity (Wildman–Crippen MR) is 125 cm³/mol. The Morgan fingerprint density at radius 2 is 1.36 bits per heavy atom. The van der Waals surface area contributed by atoms with Gasteiger partial charge in [0.05, 0.1) is 11.5 Å². The monoisotopic (exact) mass is 504 g/mol. The molecule has 1 aromatic heterocycles. The van der Waals surface area contributed by atoms with Crippen molar-refractivity contribution >= 4 is 46.9 Å². The summed E-state index contributed by atoms with van der Waals surface area (Å²) < 4.78 is 30.7. The molecule has 3 rings (SSSR count). The van der Waals surface area contributed by atoms with Gasteiger partial charge >= 0.3 is 0 Å². The van der Waals surface area contributed by atoms with E-state index in [9.17, 15) is 23.6 Å². The normalized spacial score (nSPS) is 10.5. The Balaban J connectivity index is 1.44. The van der Waals surface area contributed by atoms with Crippen molar-refractivity contribution in [1.82, 2.24) is 15.0 Å². The number of amides is 2. The molecule has 170 valence electrons. The van der Waals surface area contributed by atoms with Crippen LogP contribution < -0.4 is 10.6 Å². The van der Waals surface area contributed by atoms with Gasteiger partial charge in [0, 0.05) is 13.1 Å². The molecular formula is C22H18F2N4O2S3. The molecule has 0 saturated carbocycles. The van der Waals surface area contributed by atoms with Crippen LogP contribution in [0.5, 0.6) is 0 Å². The maximum Gasteiger partial charge on any atom is 0.230 e. The van der Waals surface area contributed by atoms with Crippen LogP contribution in [0, 0.1) is 23.0 Å². The smallest absolute Gasteiger partial charge is 0.230 e. The summed E-state index contributed by atoms with van der Waals surface area (Å²) in [5.41, 5.74) is 1.90. The number of rotatable bonds is 10. The molecule has 1 heterocycles. The molecule has 33 heavy (non-hydrogen) atoms. The number of halogens is 2. The third-order valence-corrected chi connectivity index (χ3v) is 7.41. The summed E-state index contributed by atoms with van der Waals surface area (Å²) in [6.45, 7) is 0.553. The molecule has 0 aliphatic rings. The fourth-order valence-electron chi connectivity index (χ4n) is 2.52. The number of nitrogens with zero attached hydrogens (tertiary/aromatic N) is 2. The third kappa shape index (κ3) is 7.85. The number of carbonyl (C=O) groups excluding carboxylic acids is 2. The van der Waals surface area contributed by atoms with E-state index in [4.69, 9.17) is 0 Å². The van der Waals surface area contributed by atoms with Gasteiger partial charge in [-0.25, -0.2) is 8.78 Å². The van der Waals surface area contributed by atoms with Crippen molar-refractivity contribution in [2.45, 2.75) is 22.3 Å². The van der Waals surface area contributed by atoms with E-state index in [0.717, 1.165) is 34.4 Å². The number of carbonyl (C=O) groups is 2. The van der Waals surface area contributed by atoms with Gasteiger partial charge in [0.2, 0.25) is 11.8 Å². The van der Waals surface area contributed by atoms with E-state index in [0.29, 0.717) is 14.8 Å². The summed E-state index contributed by atoms with van der Waals surface area (Å²) >= 11 is 3.44. The van der Waals surface area contributed by atoms with Crippen LogP contribution in [-0.4, -0.2) is 27.7 Å². The summed E-state index contributed by atoms with van der Waals surface area (Å²) in [5.74, 6) is -0.977. The summed E-state index contributed by atoms with van der Waals surface area (Å²) in [6, 6.07) is 13.8. The number of hydrogen-bond acceptors (Lipinski definition) is 7. The van der Waals surface area contributed by atoms with E-state index in [-0.39, 0.29) is 48.0 Å². The Kier molecular flexibility index (Phi) is 9.24. The maximum absolute atomic E-state index is 12.9. The predicted octanol–water partition coefficient (Wildman–Crippen LogP) is 4.11. The van der Waals surface area contributed by atoms with Crippen molar-refractivity contribution in [3.05, 3.63) is 76.9 Å². The Morgan fingerprint density at radius 1 is 0.879 bits per heavy atom. The van der Waals surface area contributed by atoms with Crippen LogP contribution in [0.4, 0.5) is 8.78 Å². The molecule has 11 heteroatoms. The van der Waals surface area contributed by atoms with Gasteiger partial charge < -0.3 is 10.6 Å².